The second-order valence-electron chi connectivity index (χ2n) is 5.85. The lowest BCUT2D eigenvalue weighted by Crippen LogP contribution is -2.30. The van der Waals surface area contributed by atoms with E-state index in [0.29, 0.717) is 0 Å². The molecule has 2 N–H and O–H groups in total. The molecule has 0 aliphatic carbocycles. The zero-order chi connectivity index (χ0) is 21.8. The number of hydrogen-bond acceptors (Lipinski definition) is 5. The standard InChI is InChI=1S/C18H17F3N2O5S/c1-11(16(24)23-14-8-6-13(7-9-14)18(19,20)21)28-17(25)12-4-3-5-15(10-12)29(26,27)22-2/h3-11,22H,1-2H3,(H,23,24)/t11-/m0/s1. The zero-order valence-electron chi connectivity index (χ0n) is 15.3. The van der Waals surface area contributed by atoms with E-state index in [4.69, 9.17) is 4.74 Å². The summed E-state index contributed by atoms with van der Waals surface area (Å²) < 4.78 is 68.4. The first-order valence-corrected chi connectivity index (χ1v) is 9.65. The molecule has 0 saturated heterocycles. The third-order valence-corrected chi connectivity index (χ3v) is 5.19. The highest BCUT2D eigenvalue weighted by Crippen LogP contribution is 2.29. The smallest absolute Gasteiger partial charge is 0.416 e. The summed E-state index contributed by atoms with van der Waals surface area (Å²) in [4.78, 5) is 24.2. The van der Waals surface area contributed by atoms with Crippen LogP contribution in [0.4, 0.5) is 18.9 Å². The van der Waals surface area contributed by atoms with Gasteiger partial charge in [0.15, 0.2) is 6.10 Å². The lowest BCUT2D eigenvalue weighted by Gasteiger charge is -2.14. The monoisotopic (exact) mass is 430 g/mol. The van der Waals surface area contributed by atoms with Crippen molar-refractivity contribution in [2.45, 2.75) is 24.1 Å². The molecule has 1 amide bonds. The molecule has 2 aromatic carbocycles. The van der Waals surface area contributed by atoms with Gasteiger partial charge in [-0.2, -0.15) is 13.2 Å². The molecular formula is C18H17F3N2O5S. The molecule has 1 atom stereocenters. The van der Waals surface area contributed by atoms with Gasteiger partial charge in [-0.05, 0) is 56.4 Å². The van der Waals surface area contributed by atoms with Crippen LogP contribution in [0.1, 0.15) is 22.8 Å². The van der Waals surface area contributed by atoms with Gasteiger partial charge in [-0.1, -0.05) is 6.07 Å². The van der Waals surface area contributed by atoms with Gasteiger partial charge in [-0.15, -0.1) is 0 Å². The van der Waals surface area contributed by atoms with Crippen molar-refractivity contribution in [1.82, 2.24) is 4.72 Å². The molecule has 0 spiro atoms. The van der Waals surface area contributed by atoms with Crippen molar-refractivity contribution >= 4 is 27.6 Å². The van der Waals surface area contributed by atoms with Crippen LogP contribution >= 0.6 is 0 Å². The Balaban J connectivity index is 2.04. The number of ether oxygens (including phenoxy) is 1. The summed E-state index contributed by atoms with van der Waals surface area (Å²) >= 11 is 0. The predicted molar refractivity (Wildman–Crippen MR) is 97.6 cm³/mol. The van der Waals surface area contributed by atoms with Gasteiger partial charge in [0.05, 0.1) is 16.0 Å². The second-order valence-corrected chi connectivity index (χ2v) is 7.73. The van der Waals surface area contributed by atoms with Crippen molar-refractivity contribution < 1.29 is 35.9 Å². The van der Waals surface area contributed by atoms with E-state index >= 15 is 0 Å². The molecule has 0 aromatic heterocycles. The van der Waals surface area contributed by atoms with Gasteiger partial charge >= 0.3 is 12.1 Å². The Morgan fingerprint density at radius 3 is 2.24 bits per heavy atom. The van der Waals surface area contributed by atoms with E-state index in [1.54, 1.807) is 0 Å². The van der Waals surface area contributed by atoms with Crippen LogP contribution in [0.25, 0.3) is 0 Å². The van der Waals surface area contributed by atoms with Crippen LogP contribution in [0.3, 0.4) is 0 Å². The Labute approximate surface area is 164 Å². The fourth-order valence-corrected chi connectivity index (χ4v) is 2.95. The number of nitrogens with one attached hydrogen (secondary N) is 2. The molecule has 2 aromatic rings. The molecule has 0 bridgehead atoms. The number of carbonyl (C=O) groups is 2. The Bertz CT molecular complexity index is 1000. The number of rotatable bonds is 6. The molecule has 156 valence electrons. The van der Waals surface area contributed by atoms with E-state index in [9.17, 15) is 31.2 Å². The fourth-order valence-electron chi connectivity index (χ4n) is 2.18. The van der Waals surface area contributed by atoms with Crippen LogP contribution in [-0.2, 0) is 25.7 Å². The molecule has 0 aliphatic heterocycles. The molecule has 0 radical (unpaired) electrons. The highest BCUT2D eigenvalue weighted by Gasteiger charge is 2.30. The van der Waals surface area contributed by atoms with Crippen molar-refractivity contribution in [3.8, 4) is 0 Å². The third-order valence-electron chi connectivity index (χ3n) is 3.78. The van der Waals surface area contributed by atoms with Crippen LogP contribution in [0.2, 0.25) is 0 Å². The summed E-state index contributed by atoms with van der Waals surface area (Å²) in [6.45, 7) is 1.27. The molecule has 0 saturated carbocycles. The molecule has 2 rings (SSSR count). The average Bonchev–Trinajstić information content (AvgIpc) is 2.67. The number of sulfonamides is 1. The lowest BCUT2D eigenvalue weighted by atomic mass is 10.2. The summed E-state index contributed by atoms with van der Waals surface area (Å²) in [5, 5.41) is 2.33. The zero-order valence-corrected chi connectivity index (χ0v) is 16.1. The maximum atomic E-state index is 12.6. The maximum absolute atomic E-state index is 12.6. The Kier molecular flexibility index (Phi) is 6.65. The minimum Gasteiger partial charge on any atom is -0.449 e. The number of hydrogen-bond donors (Lipinski definition) is 2. The summed E-state index contributed by atoms with van der Waals surface area (Å²) in [5.41, 5.74) is -0.866. The number of amides is 1. The quantitative estimate of drug-likeness (QED) is 0.687. The van der Waals surface area contributed by atoms with Gasteiger partial charge < -0.3 is 10.1 Å². The van der Waals surface area contributed by atoms with Gasteiger partial charge in [-0.3, -0.25) is 4.79 Å². The minimum absolute atomic E-state index is 0.0875. The summed E-state index contributed by atoms with van der Waals surface area (Å²) in [6.07, 6.45) is -5.78. The van der Waals surface area contributed by atoms with E-state index in [-0.39, 0.29) is 16.1 Å². The Morgan fingerprint density at radius 1 is 1.07 bits per heavy atom. The summed E-state index contributed by atoms with van der Waals surface area (Å²) in [7, 11) is -2.55. The van der Waals surface area contributed by atoms with E-state index in [1.807, 2.05) is 0 Å². The lowest BCUT2D eigenvalue weighted by molar-refractivity contribution is -0.137. The number of esters is 1. The molecule has 0 heterocycles. The normalized spacial score (nSPS) is 12.9. The van der Waals surface area contributed by atoms with Crippen LogP contribution in [0.5, 0.6) is 0 Å². The van der Waals surface area contributed by atoms with Gasteiger partial charge in [0.25, 0.3) is 5.91 Å². The molecule has 0 unspecified atom stereocenters. The maximum Gasteiger partial charge on any atom is 0.416 e. The molecule has 11 heteroatoms. The molecular weight excluding hydrogens is 413 g/mol. The number of anilines is 1. The number of halogens is 3. The molecule has 0 fully saturated rings. The van der Waals surface area contributed by atoms with E-state index in [1.165, 1.54) is 32.2 Å². The highest BCUT2D eigenvalue weighted by atomic mass is 32.2. The van der Waals surface area contributed by atoms with Crippen LogP contribution < -0.4 is 10.0 Å². The topological polar surface area (TPSA) is 102 Å². The first-order chi connectivity index (χ1) is 13.4. The first kappa shape index (κ1) is 22.4. The predicted octanol–water partition coefficient (Wildman–Crippen LogP) is 2.80. The second kappa shape index (κ2) is 8.62. The highest BCUT2D eigenvalue weighted by molar-refractivity contribution is 7.89. The molecule has 29 heavy (non-hydrogen) atoms. The van der Waals surface area contributed by atoms with Crippen LogP contribution in [-0.4, -0.2) is 33.4 Å². The largest absolute Gasteiger partial charge is 0.449 e. The Morgan fingerprint density at radius 2 is 1.69 bits per heavy atom. The number of carbonyl (C=O) groups excluding carboxylic acids is 2. The van der Waals surface area contributed by atoms with E-state index in [2.05, 4.69) is 10.0 Å². The van der Waals surface area contributed by atoms with Gasteiger partial charge in [0.1, 0.15) is 0 Å². The molecule has 0 aliphatic rings. The minimum atomic E-state index is -4.50. The van der Waals surface area contributed by atoms with Crippen molar-refractivity contribution in [1.29, 1.82) is 0 Å². The van der Waals surface area contributed by atoms with Crippen LogP contribution in [0.15, 0.2) is 53.4 Å². The molecule has 7 nitrogen and oxygen atoms in total. The fraction of sp³-hybridized carbons (Fsp3) is 0.222. The van der Waals surface area contributed by atoms with Gasteiger partial charge in [0.2, 0.25) is 10.0 Å². The third kappa shape index (κ3) is 5.78. The Hall–Kier alpha value is -2.92. The number of benzene rings is 2. The first-order valence-electron chi connectivity index (χ1n) is 8.17. The van der Waals surface area contributed by atoms with E-state index < -0.39 is 39.7 Å². The van der Waals surface area contributed by atoms with Crippen molar-refractivity contribution in [3.63, 3.8) is 0 Å². The number of alkyl halides is 3. The van der Waals surface area contributed by atoms with Crippen LogP contribution in [0, 0.1) is 0 Å². The summed E-state index contributed by atoms with van der Waals surface area (Å²) in [5.74, 6) is -1.70. The van der Waals surface area contributed by atoms with Crippen molar-refractivity contribution in [3.05, 3.63) is 59.7 Å². The van der Waals surface area contributed by atoms with Gasteiger partial charge in [0, 0.05) is 5.69 Å². The SMILES string of the molecule is CNS(=O)(=O)c1cccc(C(=O)O[C@@H](C)C(=O)Nc2ccc(C(F)(F)F)cc2)c1. The van der Waals surface area contributed by atoms with Crippen molar-refractivity contribution in [2.24, 2.45) is 0 Å². The van der Waals surface area contributed by atoms with Gasteiger partial charge in [-0.25, -0.2) is 17.9 Å². The summed E-state index contributed by atoms with van der Waals surface area (Å²) in [6, 6.07) is 8.78. The average molecular weight is 430 g/mol. The van der Waals surface area contributed by atoms with E-state index in [0.717, 1.165) is 30.3 Å². The van der Waals surface area contributed by atoms with Crippen molar-refractivity contribution in [2.75, 3.05) is 12.4 Å².